The van der Waals surface area contributed by atoms with Crippen LogP contribution in [-0.2, 0) is 4.74 Å². The van der Waals surface area contributed by atoms with Gasteiger partial charge in [-0.25, -0.2) is 5.10 Å². The number of H-pyrrole nitrogens is 1. The van der Waals surface area contributed by atoms with Gasteiger partial charge in [-0.05, 0) is 56.1 Å². The van der Waals surface area contributed by atoms with Gasteiger partial charge in [-0.1, -0.05) is 18.2 Å². The van der Waals surface area contributed by atoms with Crippen molar-refractivity contribution in [1.29, 1.82) is 0 Å². The maximum Gasteiger partial charge on any atom is 0.272 e. The average molecular weight is 434 g/mol. The number of aromatic amines is 1. The highest BCUT2D eigenvalue weighted by atomic mass is 16.5. The van der Waals surface area contributed by atoms with Crippen LogP contribution in [0.3, 0.4) is 0 Å². The second kappa shape index (κ2) is 7.55. The van der Waals surface area contributed by atoms with Gasteiger partial charge in [0, 0.05) is 36.8 Å². The van der Waals surface area contributed by atoms with E-state index < -0.39 is 0 Å². The lowest BCUT2D eigenvalue weighted by Crippen LogP contribution is -2.56. The first kappa shape index (κ1) is 19.7. The predicted molar refractivity (Wildman–Crippen MR) is 119 cm³/mol. The smallest absolute Gasteiger partial charge is 0.272 e. The van der Waals surface area contributed by atoms with Crippen LogP contribution in [0.5, 0.6) is 0 Å². The summed E-state index contributed by atoms with van der Waals surface area (Å²) in [6, 6.07) is 9.95. The van der Waals surface area contributed by atoms with E-state index in [2.05, 4.69) is 20.6 Å². The van der Waals surface area contributed by atoms with Crippen LogP contribution in [0.25, 0.3) is 10.8 Å². The van der Waals surface area contributed by atoms with Crippen molar-refractivity contribution >= 4 is 16.7 Å². The summed E-state index contributed by atoms with van der Waals surface area (Å²) in [4.78, 5) is 25.0. The molecule has 0 atom stereocenters. The standard InChI is InChI=1S/C24H27N5O3/c30-22-19-4-2-1-3-18(19)21(27-28-22)15-11-24(12-15)13-16(14-24)26-23(31)20-5-8-25-29(20)17-6-9-32-10-7-17/h1-5,8,15-17H,6-7,9-14H2,(H,26,31)(H,28,30). The first-order valence-corrected chi connectivity index (χ1v) is 11.5. The Bertz CT molecular complexity index is 1210. The van der Waals surface area contributed by atoms with Crippen LogP contribution in [0, 0.1) is 5.41 Å². The number of hydrogen-bond acceptors (Lipinski definition) is 5. The SMILES string of the molecule is O=C(NC1CC2(C1)CC(c1n[nH]c(=O)c3ccccc13)C2)c1ccnn1C1CCOCC1. The van der Waals surface area contributed by atoms with E-state index in [9.17, 15) is 9.59 Å². The molecule has 3 heterocycles. The van der Waals surface area contributed by atoms with E-state index in [4.69, 9.17) is 4.74 Å². The zero-order chi connectivity index (χ0) is 21.7. The Balaban J connectivity index is 1.08. The predicted octanol–water partition coefficient (Wildman–Crippen LogP) is 2.93. The van der Waals surface area contributed by atoms with Gasteiger partial charge in [0.15, 0.2) is 0 Å². The molecule has 3 fully saturated rings. The van der Waals surface area contributed by atoms with Crippen molar-refractivity contribution in [3.63, 3.8) is 0 Å². The summed E-state index contributed by atoms with van der Waals surface area (Å²) >= 11 is 0. The number of aromatic nitrogens is 4. The molecule has 3 aliphatic rings. The summed E-state index contributed by atoms with van der Waals surface area (Å²) < 4.78 is 7.31. The molecule has 2 aliphatic carbocycles. The number of hydrogen-bond donors (Lipinski definition) is 2. The molecule has 8 nitrogen and oxygen atoms in total. The minimum Gasteiger partial charge on any atom is -0.381 e. The molecule has 3 aromatic rings. The zero-order valence-electron chi connectivity index (χ0n) is 17.9. The number of nitrogens with zero attached hydrogens (tertiary/aromatic N) is 3. The molecule has 0 bridgehead atoms. The number of rotatable bonds is 4. The summed E-state index contributed by atoms with van der Waals surface area (Å²) in [6.45, 7) is 1.44. The molecule has 166 valence electrons. The quantitative estimate of drug-likeness (QED) is 0.659. The van der Waals surface area contributed by atoms with Crippen molar-refractivity contribution in [2.24, 2.45) is 5.41 Å². The Hall–Kier alpha value is -3.00. The summed E-state index contributed by atoms with van der Waals surface area (Å²) in [7, 11) is 0. The Labute approximate surface area is 185 Å². The van der Waals surface area contributed by atoms with Crippen LogP contribution in [0.1, 0.15) is 66.7 Å². The average Bonchev–Trinajstić information content (AvgIpc) is 3.26. The number of carbonyl (C=O) groups excluding carboxylic acids is 1. The Morgan fingerprint density at radius 2 is 1.84 bits per heavy atom. The van der Waals surface area contributed by atoms with Gasteiger partial charge in [0.2, 0.25) is 0 Å². The third-order valence-electron chi connectivity index (χ3n) is 7.60. The number of amides is 1. The Morgan fingerprint density at radius 3 is 2.62 bits per heavy atom. The third kappa shape index (κ3) is 3.24. The molecule has 2 N–H and O–H groups in total. The molecule has 0 radical (unpaired) electrons. The lowest BCUT2D eigenvalue weighted by molar-refractivity contribution is -0.0198. The zero-order valence-corrected chi connectivity index (χ0v) is 17.9. The van der Waals surface area contributed by atoms with Crippen molar-refractivity contribution in [2.45, 2.75) is 56.5 Å². The van der Waals surface area contributed by atoms with Crippen LogP contribution in [0.4, 0.5) is 0 Å². The monoisotopic (exact) mass is 433 g/mol. The molecule has 1 aromatic carbocycles. The van der Waals surface area contributed by atoms with Crippen molar-refractivity contribution < 1.29 is 9.53 Å². The largest absolute Gasteiger partial charge is 0.381 e. The van der Waals surface area contributed by atoms with Crippen LogP contribution < -0.4 is 10.9 Å². The molecule has 2 aromatic heterocycles. The third-order valence-corrected chi connectivity index (χ3v) is 7.60. The Kier molecular flexibility index (Phi) is 4.64. The molecular weight excluding hydrogens is 406 g/mol. The molecule has 6 rings (SSSR count). The topological polar surface area (TPSA) is 102 Å². The van der Waals surface area contributed by atoms with E-state index >= 15 is 0 Å². The van der Waals surface area contributed by atoms with Gasteiger partial charge in [0.05, 0.1) is 17.1 Å². The number of carbonyl (C=O) groups is 1. The number of nitrogens with one attached hydrogen (secondary N) is 2. The van der Waals surface area contributed by atoms with Crippen LogP contribution in [-0.4, -0.2) is 45.1 Å². The van der Waals surface area contributed by atoms with Gasteiger partial charge >= 0.3 is 0 Å². The van der Waals surface area contributed by atoms with Gasteiger partial charge in [0.1, 0.15) is 5.69 Å². The summed E-state index contributed by atoms with van der Waals surface area (Å²) in [6.07, 6.45) is 7.62. The number of fused-ring (bicyclic) bond motifs is 1. The van der Waals surface area contributed by atoms with Crippen molar-refractivity contribution in [3.8, 4) is 0 Å². The highest BCUT2D eigenvalue weighted by molar-refractivity contribution is 5.92. The molecule has 1 amide bonds. The minimum absolute atomic E-state index is 0.0296. The van der Waals surface area contributed by atoms with Crippen LogP contribution in [0.15, 0.2) is 41.3 Å². The maximum atomic E-state index is 12.9. The van der Waals surface area contributed by atoms with Gasteiger partial charge in [-0.3, -0.25) is 14.3 Å². The van der Waals surface area contributed by atoms with Crippen LogP contribution >= 0.6 is 0 Å². The molecular formula is C24H27N5O3. The normalized spacial score (nSPS) is 27.8. The minimum atomic E-state index is -0.134. The molecule has 1 aliphatic heterocycles. The molecule has 32 heavy (non-hydrogen) atoms. The van der Waals surface area contributed by atoms with Gasteiger partial charge in [-0.15, -0.1) is 0 Å². The first-order valence-electron chi connectivity index (χ1n) is 11.5. The molecule has 1 spiro atoms. The fourth-order valence-corrected chi connectivity index (χ4v) is 6.02. The van der Waals surface area contributed by atoms with E-state index in [1.165, 1.54) is 0 Å². The highest BCUT2D eigenvalue weighted by Gasteiger charge is 2.54. The second-order valence-corrected chi connectivity index (χ2v) is 9.67. The summed E-state index contributed by atoms with van der Waals surface area (Å²) in [5, 5.41) is 16.3. The van der Waals surface area contributed by atoms with E-state index in [0.717, 1.165) is 62.8 Å². The van der Waals surface area contributed by atoms with E-state index in [1.807, 2.05) is 35.0 Å². The second-order valence-electron chi connectivity index (χ2n) is 9.67. The molecule has 2 saturated carbocycles. The van der Waals surface area contributed by atoms with E-state index in [0.29, 0.717) is 22.4 Å². The van der Waals surface area contributed by atoms with Gasteiger partial charge < -0.3 is 10.1 Å². The molecule has 8 heteroatoms. The van der Waals surface area contributed by atoms with Crippen molar-refractivity contribution in [2.75, 3.05) is 13.2 Å². The van der Waals surface area contributed by atoms with Crippen molar-refractivity contribution in [1.82, 2.24) is 25.3 Å². The first-order chi connectivity index (χ1) is 15.6. The molecule has 0 unspecified atom stereocenters. The maximum absolute atomic E-state index is 12.9. The molecule has 1 saturated heterocycles. The lowest BCUT2D eigenvalue weighted by Gasteiger charge is -2.57. The van der Waals surface area contributed by atoms with Crippen molar-refractivity contribution in [3.05, 3.63) is 58.3 Å². The summed E-state index contributed by atoms with van der Waals surface area (Å²) in [5.41, 5.74) is 1.80. The number of ether oxygens (including phenoxy) is 1. The van der Waals surface area contributed by atoms with Gasteiger partial charge in [0.25, 0.3) is 11.5 Å². The fourth-order valence-electron chi connectivity index (χ4n) is 6.02. The highest BCUT2D eigenvalue weighted by Crippen LogP contribution is 2.62. The van der Waals surface area contributed by atoms with E-state index in [1.54, 1.807) is 6.20 Å². The Morgan fingerprint density at radius 1 is 1.09 bits per heavy atom. The summed E-state index contributed by atoms with van der Waals surface area (Å²) in [5.74, 6) is 0.335. The van der Waals surface area contributed by atoms with Crippen LogP contribution in [0.2, 0.25) is 0 Å². The number of benzene rings is 1. The van der Waals surface area contributed by atoms with E-state index in [-0.39, 0.29) is 23.6 Å². The fraction of sp³-hybridized carbons (Fsp3) is 0.500. The lowest BCUT2D eigenvalue weighted by atomic mass is 9.49. The van der Waals surface area contributed by atoms with Gasteiger partial charge in [-0.2, -0.15) is 10.2 Å².